The van der Waals surface area contributed by atoms with E-state index in [1.165, 1.54) is 0 Å². The molecule has 1 aliphatic heterocycles. The zero-order valence-corrected chi connectivity index (χ0v) is 11.9. The Morgan fingerprint density at radius 1 is 1.35 bits per heavy atom. The minimum absolute atomic E-state index is 0.0710. The SMILES string of the molecule is CCCCC(C)NS(=O)(=O)CC1CCNCC1. The Bertz CT molecular complexity index is 298. The summed E-state index contributed by atoms with van der Waals surface area (Å²) in [5.74, 6) is 0.623. The summed E-state index contributed by atoms with van der Waals surface area (Å²) in [7, 11) is -3.09. The van der Waals surface area contributed by atoms with Crippen molar-refractivity contribution in [2.24, 2.45) is 5.92 Å². The van der Waals surface area contributed by atoms with Crippen molar-refractivity contribution in [3.63, 3.8) is 0 Å². The lowest BCUT2D eigenvalue weighted by molar-refractivity contribution is 0.399. The third-order valence-electron chi connectivity index (χ3n) is 3.29. The number of sulfonamides is 1. The Labute approximate surface area is 106 Å². The van der Waals surface area contributed by atoms with Crippen LogP contribution in [0, 0.1) is 5.92 Å². The molecule has 0 bridgehead atoms. The van der Waals surface area contributed by atoms with Gasteiger partial charge in [0.2, 0.25) is 10.0 Å². The maximum absolute atomic E-state index is 11.9. The van der Waals surface area contributed by atoms with Crippen LogP contribution in [0.1, 0.15) is 46.0 Å². The zero-order chi connectivity index (χ0) is 12.7. The van der Waals surface area contributed by atoms with Crippen LogP contribution in [0.25, 0.3) is 0 Å². The molecule has 1 unspecified atom stereocenters. The number of hydrogen-bond acceptors (Lipinski definition) is 3. The van der Waals surface area contributed by atoms with E-state index in [0.717, 1.165) is 45.2 Å². The molecule has 1 aliphatic rings. The second kappa shape index (κ2) is 7.34. The summed E-state index contributed by atoms with van der Waals surface area (Å²) in [6.07, 6.45) is 5.08. The average Bonchev–Trinajstić information content (AvgIpc) is 2.26. The molecule has 1 saturated heterocycles. The quantitative estimate of drug-likeness (QED) is 0.731. The fourth-order valence-electron chi connectivity index (χ4n) is 2.28. The number of nitrogens with one attached hydrogen (secondary N) is 2. The molecule has 0 spiro atoms. The maximum Gasteiger partial charge on any atom is 0.212 e. The summed E-state index contributed by atoms with van der Waals surface area (Å²) in [6, 6.07) is 0.0710. The van der Waals surface area contributed by atoms with Crippen LogP contribution in [0.15, 0.2) is 0 Å². The summed E-state index contributed by atoms with van der Waals surface area (Å²) < 4.78 is 26.7. The molecule has 0 saturated carbocycles. The first-order chi connectivity index (χ1) is 8.03. The molecule has 0 aromatic rings. The number of piperidine rings is 1. The first-order valence-corrected chi connectivity index (χ1v) is 8.39. The van der Waals surface area contributed by atoms with Gasteiger partial charge in [-0.1, -0.05) is 19.8 Å². The van der Waals surface area contributed by atoms with Gasteiger partial charge in [0.05, 0.1) is 5.75 Å². The van der Waals surface area contributed by atoms with E-state index >= 15 is 0 Å². The molecular weight excluding hydrogens is 236 g/mol. The monoisotopic (exact) mass is 262 g/mol. The lowest BCUT2D eigenvalue weighted by Gasteiger charge is -2.23. The molecule has 4 nitrogen and oxygen atoms in total. The predicted octanol–water partition coefficient (Wildman–Crippen LogP) is 1.48. The first kappa shape index (κ1) is 14.9. The molecule has 1 heterocycles. The summed E-state index contributed by atoms with van der Waals surface area (Å²) >= 11 is 0. The second-order valence-electron chi connectivity index (χ2n) is 5.14. The molecule has 0 amide bonds. The fraction of sp³-hybridized carbons (Fsp3) is 1.00. The van der Waals surface area contributed by atoms with Crippen molar-refractivity contribution in [3.05, 3.63) is 0 Å². The van der Waals surface area contributed by atoms with E-state index in [-0.39, 0.29) is 6.04 Å². The molecule has 0 aliphatic carbocycles. The lowest BCUT2D eigenvalue weighted by Crippen LogP contribution is -2.39. The van der Waals surface area contributed by atoms with Gasteiger partial charge in [-0.25, -0.2) is 13.1 Å². The van der Waals surface area contributed by atoms with Gasteiger partial charge in [0.1, 0.15) is 0 Å². The van der Waals surface area contributed by atoms with E-state index in [1.807, 2.05) is 6.92 Å². The summed E-state index contributed by atoms with van der Waals surface area (Å²) in [4.78, 5) is 0. The van der Waals surface area contributed by atoms with Gasteiger partial charge in [-0.15, -0.1) is 0 Å². The highest BCUT2D eigenvalue weighted by Gasteiger charge is 2.22. The Morgan fingerprint density at radius 3 is 2.59 bits per heavy atom. The van der Waals surface area contributed by atoms with Gasteiger partial charge in [-0.05, 0) is 45.2 Å². The minimum atomic E-state index is -3.09. The Balaban J connectivity index is 2.33. The van der Waals surface area contributed by atoms with E-state index in [1.54, 1.807) is 0 Å². The molecule has 5 heteroatoms. The van der Waals surface area contributed by atoms with E-state index in [2.05, 4.69) is 17.0 Å². The van der Waals surface area contributed by atoms with Crippen LogP contribution in [0.2, 0.25) is 0 Å². The fourth-order valence-corrected chi connectivity index (χ4v) is 4.06. The van der Waals surface area contributed by atoms with Crippen molar-refractivity contribution >= 4 is 10.0 Å². The maximum atomic E-state index is 11.9. The molecule has 17 heavy (non-hydrogen) atoms. The Kier molecular flexibility index (Phi) is 6.44. The normalized spacial score (nSPS) is 20.4. The van der Waals surface area contributed by atoms with E-state index in [9.17, 15) is 8.42 Å². The third-order valence-corrected chi connectivity index (χ3v) is 4.96. The van der Waals surface area contributed by atoms with E-state index in [4.69, 9.17) is 0 Å². The van der Waals surface area contributed by atoms with Crippen molar-refractivity contribution in [2.75, 3.05) is 18.8 Å². The first-order valence-electron chi connectivity index (χ1n) is 6.74. The number of unbranched alkanes of at least 4 members (excludes halogenated alkanes) is 1. The van der Waals surface area contributed by atoms with Crippen LogP contribution < -0.4 is 10.0 Å². The van der Waals surface area contributed by atoms with Crippen LogP contribution in [-0.2, 0) is 10.0 Å². The average molecular weight is 262 g/mol. The molecule has 0 aromatic heterocycles. The second-order valence-corrected chi connectivity index (χ2v) is 6.93. The minimum Gasteiger partial charge on any atom is -0.317 e. The van der Waals surface area contributed by atoms with Crippen molar-refractivity contribution in [3.8, 4) is 0 Å². The summed E-state index contributed by atoms with van der Waals surface area (Å²) in [5, 5.41) is 3.25. The molecular formula is C12H26N2O2S. The number of hydrogen-bond donors (Lipinski definition) is 2. The Morgan fingerprint density at radius 2 is 2.00 bits per heavy atom. The highest BCUT2D eigenvalue weighted by molar-refractivity contribution is 7.89. The van der Waals surface area contributed by atoms with Gasteiger partial charge in [0.15, 0.2) is 0 Å². The van der Waals surface area contributed by atoms with Gasteiger partial charge in [0, 0.05) is 6.04 Å². The molecule has 1 atom stereocenters. The van der Waals surface area contributed by atoms with Crippen molar-refractivity contribution in [1.29, 1.82) is 0 Å². The van der Waals surface area contributed by atoms with Crippen LogP contribution >= 0.6 is 0 Å². The highest BCUT2D eigenvalue weighted by atomic mass is 32.2. The molecule has 102 valence electrons. The Hall–Kier alpha value is -0.130. The molecule has 2 N–H and O–H groups in total. The van der Waals surface area contributed by atoms with Gasteiger partial charge in [-0.2, -0.15) is 0 Å². The van der Waals surface area contributed by atoms with Crippen LogP contribution in [-0.4, -0.2) is 33.3 Å². The van der Waals surface area contributed by atoms with Gasteiger partial charge < -0.3 is 5.32 Å². The van der Waals surface area contributed by atoms with Crippen molar-refractivity contribution in [2.45, 2.75) is 52.0 Å². The van der Waals surface area contributed by atoms with Crippen LogP contribution in [0.4, 0.5) is 0 Å². The van der Waals surface area contributed by atoms with Gasteiger partial charge in [-0.3, -0.25) is 0 Å². The topological polar surface area (TPSA) is 58.2 Å². The summed E-state index contributed by atoms with van der Waals surface area (Å²) in [5.41, 5.74) is 0. The molecule has 0 radical (unpaired) electrons. The molecule has 1 rings (SSSR count). The third kappa shape index (κ3) is 6.38. The smallest absolute Gasteiger partial charge is 0.212 e. The van der Waals surface area contributed by atoms with Crippen LogP contribution in [0.5, 0.6) is 0 Å². The molecule has 0 aromatic carbocycles. The van der Waals surface area contributed by atoms with Crippen molar-refractivity contribution < 1.29 is 8.42 Å². The van der Waals surface area contributed by atoms with Gasteiger partial charge in [0.25, 0.3) is 0 Å². The van der Waals surface area contributed by atoms with E-state index < -0.39 is 10.0 Å². The van der Waals surface area contributed by atoms with Crippen LogP contribution in [0.3, 0.4) is 0 Å². The summed E-state index contributed by atoms with van der Waals surface area (Å²) in [6.45, 7) is 5.98. The predicted molar refractivity (Wildman–Crippen MR) is 71.5 cm³/mol. The standard InChI is InChI=1S/C12H26N2O2S/c1-3-4-5-11(2)14-17(15,16)10-12-6-8-13-9-7-12/h11-14H,3-10H2,1-2H3. The largest absolute Gasteiger partial charge is 0.317 e. The molecule has 1 fully saturated rings. The van der Waals surface area contributed by atoms with Crippen molar-refractivity contribution in [1.82, 2.24) is 10.0 Å². The lowest BCUT2D eigenvalue weighted by atomic mass is 10.0. The zero-order valence-electron chi connectivity index (χ0n) is 11.0. The van der Waals surface area contributed by atoms with E-state index in [0.29, 0.717) is 11.7 Å². The highest BCUT2D eigenvalue weighted by Crippen LogP contribution is 2.14. The van der Waals surface area contributed by atoms with Gasteiger partial charge >= 0.3 is 0 Å². The number of rotatable bonds is 7.